The number of hydrogen-bond acceptors (Lipinski definition) is 2. The highest BCUT2D eigenvalue weighted by atomic mass is 16.3. The van der Waals surface area contributed by atoms with Gasteiger partial charge in [-0.25, -0.2) is 0 Å². The van der Waals surface area contributed by atoms with Gasteiger partial charge in [0.05, 0.1) is 0 Å². The van der Waals surface area contributed by atoms with Crippen LogP contribution in [0.2, 0.25) is 0 Å². The van der Waals surface area contributed by atoms with Crippen LogP contribution in [0.4, 0.5) is 0 Å². The van der Waals surface area contributed by atoms with E-state index in [1.807, 2.05) is 0 Å². The Morgan fingerprint density at radius 2 is 2.08 bits per heavy atom. The molecule has 1 rings (SSSR count). The molecule has 0 aromatic rings. The summed E-state index contributed by atoms with van der Waals surface area (Å²) in [6, 6.07) is 0. The fourth-order valence-corrected chi connectivity index (χ4v) is 2.50. The van der Waals surface area contributed by atoms with E-state index in [1.165, 1.54) is 12.8 Å². The van der Waals surface area contributed by atoms with E-state index in [4.69, 9.17) is 0 Å². The SMILES string of the molecule is CC1CCCC(C)(CO)C1CO. The Kier molecular flexibility index (Phi) is 3.13. The van der Waals surface area contributed by atoms with Crippen LogP contribution in [0.25, 0.3) is 0 Å². The summed E-state index contributed by atoms with van der Waals surface area (Å²) in [7, 11) is 0. The minimum absolute atomic E-state index is 0.0353. The first-order valence-corrected chi connectivity index (χ1v) is 4.86. The third-order valence-corrected chi connectivity index (χ3v) is 3.55. The number of hydrogen-bond donors (Lipinski definition) is 2. The summed E-state index contributed by atoms with van der Waals surface area (Å²) in [5.41, 5.74) is -0.0353. The lowest BCUT2D eigenvalue weighted by Gasteiger charge is -2.43. The lowest BCUT2D eigenvalue weighted by molar-refractivity contribution is -0.0207. The lowest BCUT2D eigenvalue weighted by Crippen LogP contribution is -2.40. The molecule has 1 saturated carbocycles. The maximum atomic E-state index is 9.26. The smallest absolute Gasteiger partial charge is 0.0488 e. The largest absolute Gasteiger partial charge is 0.396 e. The van der Waals surface area contributed by atoms with Crippen LogP contribution in [-0.2, 0) is 0 Å². The van der Waals surface area contributed by atoms with Gasteiger partial charge in [-0.2, -0.15) is 0 Å². The highest BCUT2D eigenvalue weighted by Crippen LogP contribution is 2.43. The molecule has 0 bridgehead atoms. The van der Waals surface area contributed by atoms with Crippen LogP contribution in [0.1, 0.15) is 33.1 Å². The lowest BCUT2D eigenvalue weighted by atomic mass is 9.64. The van der Waals surface area contributed by atoms with Gasteiger partial charge in [0.1, 0.15) is 0 Å². The molecule has 1 aliphatic carbocycles. The molecule has 0 aromatic carbocycles. The Labute approximate surface area is 74.6 Å². The van der Waals surface area contributed by atoms with Gasteiger partial charge in [-0.3, -0.25) is 0 Å². The second kappa shape index (κ2) is 3.75. The second-order valence-corrected chi connectivity index (χ2v) is 4.47. The van der Waals surface area contributed by atoms with Crippen molar-refractivity contribution in [3.63, 3.8) is 0 Å². The molecule has 2 N–H and O–H groups in total. The van der Waals surface area contributed by atoms with Crippen molar-refractivity contribution >= 4 is 0 Å². The Bertz CT molecular complexity index is 147. The number of aliphatic hydroxyl groups is 2. The molecule has 0 radical (unpaired) electrons. The predicted octanol–water partition coefficient (Wildman–Crippen LogP) is 1.41. The Balaban J connectivity index is 2.70. The molecule has 0 aliphatic heterocycles. The van der Waals surface area contributed by atoms with Gasteiger partial charge in [0, 0.05) is 13.2 Å². The van der Waals surface area contributed by atoms with Gasteiger partial charge in [-0.05, 0) is 23.7 Å². The van der Waals surface area contributed by atoms with Crippen molar-refractivity contribution in [1.29, 1.82) is 0 Å². The molecule has 12 heavy (non-hydrogen) atoms. The molecular formula is C10H20O2. The molecule has 3 atom stereocenters. The highest BCUT2D eigenvalue weighted by molar-refractivity contribution is 4.88. The van der Waals surface area contributed by atoms with Gasteiger partial charge in [-0.1, -0.05) is 26.7 Å². The first kappa shape index (κ1) is 10.0. The van der Waals surface area contributed by atoms with Crippen LogP contribution in [-0.4, -0.2) is 23.4 Å². The first-order valence-electron chi connectivity index (χ1n) is 4.86. The molecule has 0 spiro atoms. The highest BCUT2D eigenvalue weighted by Gasteiger charge is 2.39. The quantitative estimate of drug-likeness (QED) is 0.661. The van der Waals surface area contributed by atoms with Crippen molar-refractivity contribution in [2.24, 2.45) is 17.3 Å². The molecule has 1 aliphatic rings. The zero-order valence-corrected chi connectivity index (χ0v) is 8.08. The van der Waals surface area contributed by atoms with E-state index in [9.17, 15) is 10.2 Å². The Hall–Kier alpha value is -0.0800. The molecule has 1 fully saturated rings. The predicted molar refractivity (Wildman–Crippen MR) is 48.8 cm³/mol. The molecule has 0 heterocycles. The van der Waals surface area contributed by atoms with Crippen LogP contribution in [0.3, 0.4) is 0 Å². The molecule has 2 heteroatoms. The summed E-state index contributed by atoms with van der Waals surface area (Å²) in [5.74, 6) is 0.845. The van der Waals surface area contributed by atoms with Gasteiger partial charge in [0.15, 0.2) is 0 Å². The maximum Gasteiger partial charge on any atom is 0.0488 e. The normalized spacial score (nSPS) is 43.0. The average molecular weight is 172 g/mol. The summed E-state index contributed by atoms with van der Waals surface area (Å²) in [5, 5.41) is 18.5. The maximum absolute atomic E-state index is 9.26. The van der Waals surface area contributed by atoms with Crippen LogP contribution in [0.5, 0.6) is 0 Å². The molecule has 0 saturated heterocycles. The minimum atomic E-state index is -0.0353. The fourth-order valence-electron chi connectivity index (χ4n) is 2.50. The van der Waals surface area contributed by atoms with Crippen molar-refractivity contribution in [3.05, 3.63) is 0 Å². The zero-order valence-electron chi connectivity index (χ0n) is 8.08. The summed E-state index contributed by atoms with van der Waals surface area (Å²) in [4.78, 5) is 0. The summed E-state index contributed by atoms with van der Waals surface area (Å²) in [6.07, 6.45) is 3.44. The van der Waals surface area contributed by atoms with E-state index in [0.717, 1.165) is 6.42 Å². The number of rotatable bonds is 2. The molecule has 0 aromatic heterocycles. The van der Waals surface area contributed by atoms with Gasteiger partial charge in [0.2, 0.25) is 0 Å². The molecule has 3 unspecified atom stereocenters. The Morgan fingerprint density at radius 3 is 2.50 bits per heavy atom. The first-order chi connectivity index (χ1) is 5.64. The van der Waals surface area contributed by atoms with Crippen molar-refractivity contribution < 1.29 is 10.2 Å². The third-order valence-electron chi connectivity index (χ3n) is 3.55. The van der Waals surface area contributed by atoms with E-state index in [2.05, 4.69) is 13.8 Å². The monoisotopic (exact) mass is 172 g/mol. The number of aliphatic hydroxyl groups excluding tert-OH is 2. The standard InChI is InChI=1S/C10H20O2/c1-8-4-3-5-10(2,7-12)9(8)6-11/h8-9,11-12H,3-7H2,1-2H3. The van der Waals surface area contributed by atoms with Crippen molar-refractivity contribution in [1.82, 2.24) is 0 Å². The van der Waals surface area contributed by atoms with Gasteiger partial charge in [-0.15, -0.1) is 0 Å². The average Bonchev–Trinajstić information content (AvgIpc) is 2.05. The molecular weight excluding hydrogens is 152 g/mol. The summed E-state index contributed by atoms with van der Waals surface area (Å²) >= 11 is 0. The van der Waals surface area contributed by atoms with E-state index in [1.54, 1.807) is 0 Å². The van der Waals surface area contributed by atoms with Crippen LogP contribution in [0.15, 0.2) is 0 Å². The zero-order chi connectivity index (χ0) is 9.19. The minimum Gasteiger partial charge on any atom is -0.396 e. The summed E-state index contributed by atoms with van der Waals surface area (Å²) < 4.78 is 0. The van der Waals surface area contributed by atoms with Crippen molar-refractivity contribution in [2.75, 3.05) is 13.2 Å². The topological polar surface area (TPSA) is 40.5 Å². The fraction of sp³-hybridized carbons (Fsp3) is 1.00. The molecule has 0 amide bonds. The van der Waals surface area contributed by atoms with Crippen LogP contribution in [0, 0.1) is 17.3 Å². The van der Waals surface area contributed by atoms with E-state index in [-0.39, 0.29) is 24.5 Å². The van der Waals surface area contributed by atoms with Gasteiger partial charge in [0.25, 0.3) is 0 Å². The second-order valence-electron chi connectivity index (χ2n) is 4.47. The molecule has 72 valence electrons. The van der Waals surface area contributed by atoms with Crippen LogP contribution >= 0.6 is 0 Å². The van der Waals surface area contributed by atoms with E-state index in [0.29, 0.717) is 5.92 Å². The van der Waals surface area contributed by atoms with Gasteiger partial charge >= 0.3 is 0 Å². The molecule has 2 nitrogen and oxygen atoms in total. The Morgan fingerprint density at radius 1 is 1.42 bits per heavy atom. The van der Waals surface area contributed by atoms with E-state index >= 15 is 0 Å². The van der Waals surface area contributed by atoms with E-state index < -0.39 is 0 Å². The summed E-state index contributed by atoms with van der Waals surface area (Å²) in [6.45, 7) is 4.69. The van der Waals surface area contributed by atoms with Crippen LogP contribution < -0.4 is 0 Å². The van der Waals surface area contributed by atoms with Crippen molar-refractivity contribution in [3.8, 4) is 0 Å². The van der Waals surface area contributed by atoms with Crippen molar-refractivity contribution in [2.45, 2.75) is 33.1 Å². The van der Waals surface area contributed by atoms with Gasteiger partial charge < -0.3 is 10.2 Å². The third kappa shape index (κ3) is 1.64.